The van der Waals surface area contributed by atoms with Crippen LogP contribution in [0.15, 0.2) is 29.2 Å². The van der Waals surface area contributed by atoms with E-state index in [1.54, 1.807) is 12.4 Å². The molecule has 0 aliphatic heterocycles. The van der Waals surface area contributed by atoms with Gasteiger partial charge in [0.1, 0.15) is 5.75 Å². The molecule has 2 rings (SSSR count). The van der Waals surface area contributed by atoms with Gasteiger partial charge in [-0.15, -0.1) is 11.8 Å². The average molecular weight is 207 g/mol. The molecule has 1 saturated carbocycles. The minimum Gasteiger partial charge on any atom is -0.497 e. The van der Waals surface area contributed by atoms with Crippen molar-refractivity contribution in [2.24, 2.45) is 0 Å². The molecule has 14 heavy (non-hydrogen) atoms. The van der Waals surface area contributed by atoms with Crippen molar-refractivity contribution in [1.29, 1.82) is 0 Å². The molecule has 0 amide bonds. The van der Waals surface area contributed by atoms with E-state index in [1.807, 2.05) is 23.9 Å². The molecule has 1 nitrogen and oxygen atoms in total. The summed E-state index contributed by atoms with van der Waals surface area (Å²) in [6.45, 7) is 0. The second-order valence-corrected chi connectivity index (χ2v) is 4.78. The third-order valence-electron chi connectivity index (χ3n) is 2.48. The van der Waals surface area contributed by atoms with Crippen LogP contribution in [0.1, 0.15) is 25.7 Å². The fourth-order valence-corrected chi connectivity index (χ4v) is 2.78. The van der Waals surface area contributed by atoms with Crippen molar-refractivity contribution in [2.45, 2.75) is 30.6 Å². The van der Waals surface area contributed by atoms with E-state index in [0.29, 0.717) is 0 Å². The minimum atomic E-state index is 0.936. The Labute approximate surface area is 89.9 Å². The molecular formula is C12H15OS. The van der Waals surface area contributed by atoms with Crippen LogP contribution in [0.5, 0.6) is 5.75 Å². The van der Waals surface area contributed by atoms with Crippen molar-refractivity contribution < 1.29 is 4.74 Å². The van der Waals surface area contributed by atoms with E-state index in [4.69, 9.17) is 4.74 Å². The highest BCUT2D eigenvalue weighted by Crippen LogP contribution is 2.41. The summed E-state index contributed by atoms with van der Waals surface area (Å²) >= 11 is 1.93. The van der Waals surface area contributed by atoms with Crippen molar-refractivity contribution in [3.05, 3.63) is 29.5 Å². The molecule has 1 aliphatic rings. The van der Waals surface area contributed by atoms with Crippen molar-refractivity contribution in [1.82, 2.24) is 0 Å². The van der Waals surface area contributed by atoms with Gasteiger partial charge in [0.15, 0.2) is 0 Å². The van der Waals surface area contributed by atoms with Crippen LogP contribution in [0.4, 0.5) is 0 Å². The number of ether oxygens (including phenoxy) is 1. The minimum absolute atomic E-state index is 0.936. The molecular weight excluding hydrogens is 192 g/mol. The maximum Gasteiger partial charge on any atom is 0.118 e. The normalized spacial score (nSPS) is 17.2. The quantitative estimate of drug-likeness (QED) is 0.743. The zero-order valence-electron chi connectivity index (χ0n) is 8.45. The Hall–Kier alpha value is -0.630. The highest BCUT2D eigenvalue weighted by molar-refractivity contribution is 8.02. The van der Waals surface area contributed by atoms with Crippen LogP contribution in [-0.2, 0) is 0 Å². The predicted octanol–water partition coefficient (Wildman–Crippen LogP) is 3.89. The Morgan fingerprint density at radius 2 is 1.71 bits per heavy atom. The van der Waals surface area contributed by atoms with E-state index in [0.717, 1.165) is 5.75 Å². The molecule has 0 unspecified atom stereocenters. The average Bonchev–Trinajstić information content (AvgIpc) is 2.72. The fourth-order valence-electron chi connectivity index (χ4n) is 1.68. The van der Waals surface area contributed by atoms with Gasteiger partial charge in [0.2, 0.25) is 0 Å². The van der Waals surface area contributed by atoms with Gasteiger partial charge in [-0.3, -0.25) is 0 Å². The molecule has 1 fully saturated rings. The zero-order valence-corrected chi connectivity index (χ0v) is 9.27. The first-order valence-corrected chi connectivity index (χ1v) is 5.87. The lowest BCUT2D eigenvalue weighted by Crippen LogP contribution is -1.84. The highest BCUT2D eigenvalue weighted by Gasteiger charge is 2.16. The van der Waals surface area contributed by atoms with Gasteiger partial charge in [0.05, 0.1) is 7.11 Å². The van der Waals surface area contributed by atoms with Gasteiger partial charge in [-0.2, -0.15) is 0 Å². The summed E-state index contributed by atoms with van der Waals surface area (Å²) in [6, 6.07) is 8.32. The largest absolute Gasteiger partial charge is 0.497 e. The molecule has 0 aromatic heterocycles. The van der Waals surface area contributed by atoms with E-state index >= 15 is 0 Å². The topological polar surface area (TPSA) is 9.23 Å². The van der Waals surface area contributed by atoms with Gasteiger partial charge in [0.25, 0.3) is 0 Å². The first kappa shape index (κ1) is 9.91. The van der Waals surface area contributed by atoms with Crippen LogP contribution in [0, 0.1) is 5.25 Å². The molecule has 0 N–H and O–H groups in total. The van der Waals surface area contributed by atoms with Crippen molar-refractivity contribution in [3.63, 3.8) is 0 Å². The Morgan fingerprint density at radius 1 is 1.07 bits per heavy atom. The first-order valence-electron chi connectivity index (χ1n) is 5.05. The van der Waals surface area contributed by atoms with Gasteiger partial charge in [-0.25, -0.2) is 0 Å². The van der Waals surface area contributed by atoms with Crippen molar-refractivity contribution in [2.75, 3.05) is 7.11 Å². The molecule has 1 aromatic rings. The van der Waals surface area contributed by atoms with E-state index in [1.165, 1.54) is 30.6 Å². The van der Waals surface area contributed by atoms with Crippen LogP contribution >= 0.6 is 11.8 Å². The Kier molecular flexibility index (Phi) is 3.35. The number of hydrogen-bond donors (Lipinski definition) is 0. The van der Waals surface area contributed by atoms with Crippen LogP contribution in [0.3, 0.4) is 0 Å². The maximum absolute atomic E-state index is 5.12. The van der Waals surface area contributed by atoms with Crippen molar-refractivity contribution >= 4 is 11.8 Å². The van der Waals surface area contributed by atoms with Crippen LogP contribution in [0.25, 0.3) is 0 Å². The maximum atomic E-state index is 5.12. The lowest BCUT2D eigenvalue weighted by molar-refractivity contribution is 0.414. The number of thioether (sulfide) groups is 1. The molecule has 1 aromatic carbocycles. The summed E-state index contributed by atoms with van der Waals surface area (Å²) < 4.78 is 5.12. The van der Waals surface area contributed by atoms with Gasteiger partial charge in [-0.05, 0) is 37.1 Å². The molecule has 0 spiro atoms. The second-order valence-electron chi connectivity index (χ2n) is 3.52. The molecule has 1 radical (unpaired) electrons. The molecule has 0 saturated heterocycles. The van der Waals surface area contributed by atoms with E-state index in [2.05, 4.69) is 12.1 Å². The highest BCUT2D eigenvalue weighted by atomic mass is 32.2. The SMILES string of the molecule is COc1ccc(S[C]2CCCC2)cc1. The van der Waals surface area contributed by atoms with Crippen molar-refractivity contribution in [3.8, 4) is 5.75 Å². The smallest absolute Gasteiger partial charge is 0.118 e. The van der Waals surface area contributed by atoms with Crippen LogP contribution in [-0.4, -0.2) is 7.11 Å². The summed E-state index contributed by atoms with van der Waals surface area (Å²) in [5.74, 6) is 0.936. The van der Waals surface area contributed by atoms with Gasteiger partial charge < -0.3 is 4.74 Å². The molecule has 75 valence electrons. The molecule has 1 aliphatic carbocycles. The third-order valence-corrected chi connectivity index (χ3v) is 3.69. The molecule has 0 bridgehead atoms. The first-order chi connectivity index (χ1) is 6.88. The van der Waals surface area contributed by atoms with Gasteiger partial charge in [-0.1, -0.05) is 12.8 Å². The number of rotatable bonds is 3. The zero-order chi connectivity index (χ0) is 9.80. The summed E-state index contributed by atoms with van der Waals surface area (Å²) in [6.07, 6.45) is 5.35. The van der Waals surface area contributed by atoms with E-state index < -0.39 is 0 Å². The summed E-state index contributed by atoms with van der Waals surface area (Å²) in [5, 5.41) is 1.63. The second kappa shape index (κ2) is 4.74. The molecule has 2 heteroatoms. The number of benzene rings is 1. The third kappa shape index (κ3) is 2.44. The van der Waals surface area contributed by atoms with Gasteiger partial charge >= 0.3 is 0 Å². The Bertz CT molecular complexity index is 275. The lowest BCUT2D eigenvalue weighted by atomic mass is 10.3. The Morgan fingerprint density at radius 3 is 2.29 bits per heavy atom. The van der Waals surface area contributed by atoms with E-state index in [-0.39, 0.29) is 0 Å². The molecule has 0 heterocycles. The monoisotopic (exact) mass is 207 g/mol. The predicted molar refractivity (Wildman–Crippen MR) is 60.6 cm³/mol. The molecule has 0 atom stereocenters. The van der Waals surface area contributed by atoms with Gasteiger partial charge in [0, 0.05) is 10.1 Å². The number of methoxy groups -OCH3 is 1. The van der Waals surface area contributed by atoms with Crippen LogP contribution in [0.2, 0.25) is 0 Å². The summed E-state index contributed by atoms with van der Waals surface area (Å²) in [4.78, 5) is 1.34. The fraction of sp³-hybridized carbons (Fsp3) is 0.417. The number of hydrogen-bond acceptors (Lipinski definition) is 2. The summed E-state index contributed by atoms with van der Waals surface area (Å²) in [5.41, 5.74) is 0. The Balaban J connectivity index is 1.95. The lowest BCUT2D eigenvalue weighted by Gasteiger charge is -2.07. The summed E-state index contributed by atoms with van der Waals surface area (Å²) in [7, 11) is 1.70. The van der Waals surface area contributed by atoms with Crippen LogP contribution < -0.4 is 4.74 Å². The standard InChI is InChI=1S/C12H15OS/c1-13-10-6-8-12(9-7-10)14-11-4-2-3-5-11/h6-9H,2-5H2,1H3. The van der Waals surface area contributed by atoms with E-state index in [9.17, 15) is 0 Å².